The predicted molar refractivity (Wildman–Crippen MR) is 181 cm³/mol. The van der Waals surface area contributed by atoms with E-state index in [9.17, 15) is 0 Å². The van der Waals surface area contributed by atoms with Gasteiger partial charge in [-0.05, 0) is 96.8 Å². The SMILES string of the molecule is CCCCCCCCCOc1ccc(C=Nc2ccc(N=Cc3ccc(OCCCCCCCCC)cc3)cc2)cc1. The molecule has 0 saturated carbocycles. The predicted octanol–water partition coefficient (Wildman–Crippen LogP) is 11.4. The molecule has 0 atom stereocenters. The summed E-state index contributed by atoms with van der Waals surface area (Å²) in [7, 11) is 0. The fraction of sp³-hybridized carbons (Fsp3) is 0.474. The van der Waals surface area contributed by atoms with Crippen molar-refractivity contribution in [2.45, 2.75) is 104 Å². The molecule has 0 unspecified atom stereocenters. The van der Waals surface area contributed by atoms with E-state index in [4.69, 9.17) is 9.47 Å². The number of nitrogens with zero attached hydrogens (tertiary/aromatic N) is 2. The Morgan fingerprint density at radius 3 is 1.12 bits per heavy atom. The summed E-state index contributed by atoms with van der Waals surface area (Å²) in [4.78, 5) is 9.23. The van der Waals surface area contributed by atoms with Crippen LogP contribution in [0.5, 0.6) is 11.5 Å². The highest BCUT2D eigenvalue weighted by molar-refractivity contribution is 5.83. The van der Waals surface area contributed by atoms with Crippen LogP contribution in [0.2, 0.25) is 0 Å². The number of benzene rings is 3. The van der Waals surface area contributed by atoms with Gasteiger partial charge in [-0.1, -0.05) is 90.9 Å². The van der Waals surface area contributed by atoms with E-state index in [-0.39, 0.29) is 0 Å². The zero-order valence-corrected chi connectivity index (χ0v) is 26.1. The minimum atomic E-state index is 0.787. The topological polar surface area (TPSA) is 43.2 Å². The first-order valence-electron chi connectivity index (χ1n) is 16.4. The molecule has 0 radical (unpaired) electrons. The van der Waals surface area contributed by atoms with Gasteiger partial charge in [-0.25, -0.2) is 0 Å². The molecule has 42 heavy (non-hydrogen) atoms. The monoisotopic (exact) mass is 568 g/mol. The van der Waals surface area contributed by atoms with Gasteiger partial charge in [-0.2, -0.15) is 0 Å². The molecule has 0 bridgehead atoms. The quantitative estimate of drug-likeness (QED) is 0.0893. The highest BCUT2D eigenvalue weighted by Gasteiger charge is 1.98. The molecule has 0 aliphatic carbocycles. The van der Waals surface area contributed by atoms with Gasteiger partial charge in [0.15, 0.2) is 0 Å². The van der Waals surface area contributed by atoms with Gasteiger partial charge in [-0.15, -0.1) is 0 Å². The maximum absolute atomic E-state index is 5.90. The number of aliphatic imine (C=N–C) groups is 2. The minimum absolute atomic E-state index is 0.787. The lowest BCUT2D eigenvalue weighted by Crippen LogP contribution is -1.97. The Kier molecular flexibility index (Phi) is 16.8. The summed E-state index contributed by atoms with van der Waals surface area (Å²) in [6, 6.07) is 24.3. The van der Waals surface area contributed by atoms with Gasteiger partial charge >= 0.3 is 0 Å². The summed E-state index contributed by atoms with van der Waals surface area (Å²) >= 11 is 0. The molecule has 0 amide bonds. The number of hydrogen-bond acceptors (Lipinski definition) is 4. The van der Waals surface area contributed by atoms with E-state index in [2.05, 4.69) is 23.8 Å². The molecule has 0 N–H and O–H groups in total. The van der Waals surface area contributed by atoms with Crippen molar-refractivity contribution in [2.24, 2.45) is 9.98 Å². The summed E-state index contributed by atoms with van der Waals surface area (Å²) in [6.07, 6.45) is 21.9. The van der Waals surface area contributed by atoms with Crippen molar-refractivity contribution in [3.8, 4) is 11.5 Å². The number of rotatable bonds is 22. The summed E-state index contributed by atoms with van der Waals surface area (Å²) in [6.45, 7) is 6.09. The lowest BCUT2D eigenvalue weighted by Gasteiger charge is -2.06. The number of unbranched alkanes of at least 4 members (excludes halogenated alkanes) is 12. The van der Waals surface area contributed by atoms with E-state index in [1.165, 1.54) is 77.0 Å². The van der Waals surface area contributed by atoms with Crippen LogP contribution < -0.4 is 9.47 Å². The lowest BCUT2D eigenvalue weighted by molar-refractivity contribution is 0.304. The van der Waals surface area contributed by atoms with Crippen LogP contribution in [0.1, 0.15) is 115 Å². The fourth-order valence-corrected chi connectivity index (χ4v) is 4.72. The van der Waals surface area contributed by atoms with Gasteiger partial charge in [0.2, 0.25) is 0 Å². The fourth-order valence-electron chi connectivity index (χ4n) is 4.72. The summed E-state index contributed by atoms with van der Waals surface area (Å²) in [5.41, 5.74) is 3.90. The molecule has 0 spiro atoms. The van der Waals surface area contributed by atoms with Crippen LogP contribution in [0.3, 0.4) is 0 Å². The second-order valence-corrected chi connectivity index (χ2v) is 11.1. The highest BCUT2D eigenvalue weighted by Crippen LogP contribution is 2.20. The van der Waals surface area contributed by atoms with Gasteiger partial charge < -0.3 is 9.47 Å². The van der Waals surface area contributed by atoms with Crippen LogP contribution in [-0.2, 0) is 0 Å². The normalized spacial score (nSPS) is 11.5. The Labute approximate surface area is 255 Å². The average Bonchev–Trinajstić information content (AvgIpc) is 3.03. The molecule has 226 valence electrons. The van der Waals surface area contributed by atoms with Crippen molar-refractivity contribution < 1.29 is 9.47 Å². The molecule has 3 aromatic carbocycles. The van der Waals surface area contributed by atoms with Crippen molar-refractivity contribution >= 4 is 23.8 Å². The first-order chi connectivity index (χ1) is 20.8. The van der Waals surface area contributed by atoms with E-state index in [0.29, 0.717) is 0 Å². The molecule has 0 heterocycles. The van der Waals surface area contributed by atoms with Crippen molar-refractivity contribution in [1.82, 2.24) is 0 Å². The van der Waals surface area contributed by atoms with Crippen molar-refractivity contribution in [2.75, 3.05) is 13.2 Å². The Morgan fingerprint density at radius 1 is 0.429 bits per heavy atom. The third kappa shape index (κ3) is 14.5. The molecule has 4 nitrogen and oxygen atoms in total. The second-order valence-electron chi connectivity index (χ2n) is 11.1. The van der Waals surface area contributed by atoms with E-state index < -0.39 is 0 Å². The van der Waals surface area contributed by atoms with E-state index in [1.807, 2.05) is 85.2 Å². The van der Waals surface area contributed by atoms with Crippen molar-refractivity contribution in [1.29, 1.82) is 0 Å². The van der Waals surface area contributed by atoms with Crippen LogP contribution in [0.4, 0.5) is 11.4 Å². The first-order valence-corrected chi connectivity index (χ1v) is 16.4. The molecule has 0 aliphatic heterocycles. The maximum atomic E-state index is 5.90. The van der Waals surface area contributed by atoms with Crippen LogP contribution in [0, 0.1) is 0 Å². The van der Waals surface area contributed by atoms with Crippen LogP contribution in [0.15, 0.2) is 82.8 Å². The Hall–Kier alpha value is -3.40. The molecule has 4 heteroatoms. The van der Waals surface area contributed by atoms with Gasteiger partial charge in [0.25, 0.3) is 0 Å². The lowest BCUT2D eigenvalue weighted by atomic mass is 10.1. The standard InChI is InChI=1S/C38H52N2O2/c1-3-5-7-9-11-13-15-29-41-37-25-17-33(18-26-37)31-39-35-21-23-36(24-22-35)40-32-34-19-27-38(28-20-34)42-30-16-14-12-10-8-6-4-2/h17-28,31-32H,3-16,29-30H2,1-2H3. The van der Waals surface area contributed by atoms with Crippen LogP contribution >= 0.6 is 0 Å². The Morgan fingerprint density at radius 2 is 0.762 bits per heavy atom. The Balaban J connectivity index is 1.33. The molecule has 0 aromatic heterocycles. The summed E-state index contributed by atoms with van der Waals surface area (Å²) in [5, 5.41) is 0. The van der Waals surface area contributed by atoms with E-state index >= 15 is 0 Å². The van der Waals surface area contributed by atoms with Crippen LogP contribution in [-0.4, -0.2) is 25.6 Å². The van der Waals surface area contributed by atoms with Gasteiger partial charge in [-0.3, -0.25) is 9.98 Å². The number of ether oxygens (including phenoxy) is 2. The third-order valence-corrected chi connectivity index (χ3v) is 7.37. The molecule has 0 aliphatic rings. The largest absolute Gasteiger partial charge is 0.494 e. The van der Waals surface area contributed by atoms with E-state index in [1.54, 1.807) is 0 Å². The third-order valence-electron chi connectivity index (χ3n) is 7.37. The zero-order valence-electron chi connectivity index (χ0n) is 26.1. The first kappa shape index (κ1) is 33.1. The average molecular weight is 569 g/mol. The summed E-state index contributed by atoms with van der Waals surface area (Å²) in [5.74, 6) is 1.84. The highest BCUT2D eigenvalue weighted by atomic mass is 16.5. The smallest absolute Gasteiger partial charge is 0.119 e. The summed E-state index contributed by atoms with van der Waals surface area (Å²) < 4.78 is 11.8. The van der Waals surface area contributed by atoms with Crippen molar-refractivity contribution in [3.63, 3.8) is 0 Å². The maximum Gasteiger partial charge on any atom is 0.119 e. The zero-order chi connectivity index (χ0) is 29.5. The minimum Gasteiger partial charge on any atom is -0.494 e. The molecule has 3 aromatic rings. The van der Waals surface area contributed by atoms with E-state index in [0.717, 1.165) is 60.1 Å². The number of hydrogen-bond donors (Lipinski definition) is 0. The molecule has 3 rings (SSSR count). The second kappa shape index (κ2) is 21.3. The molecular formula is C38H52N2O2. The molecule has 0 saturated heterocycles. The molecular weight excluding hydrogens is 516 g/mol. The Bertz CT molecular complexity index is 1040. The van der Waals surface area contributed by atoms with Crippen LogP contribution in [0.25, 0.3) is 0 Å². The van der Waals surface area contributed by atoms with Gasteiger partial charge in [0, 0.05) is 12.4 Å². The van der Waals surface area contributed by atoms with Gasteiger partial charge in [0.1, 0.15) is 11.5 Å². The van der Waals surface area contributed by atoms with Gasteiger partial charge in [0.05, 0.1) is 24.6 Å². The van der Waals surface area contributed by atoms with Crippen molar-refractivity contribution in [3.05, 3.63) is 83.9 Å². The molecule has 0 fully saturated rings.